The van der Waals surface area contributed by atoms with Crippen LogP contribution in [0.2, 0.25) is 0 Å². The lowest BCUT2D eigenvalue weighted by atomic mass is 10.0. The van der Waals surface area contributed by atoms with Gasteiger partial charge in [-0.2, -0.15) is 0 Å². The molecule has 5 nitrogen and oxygen atoms in total. The first-order valence-corrected chi connectivity index (χ1v) is 5.41. The van der Waals surface area contributed by atoms with Crippen LogP contribution in [-0.2, 0) is 9.53 Å². The largest absolute Gasteiger partial charge is 0.378 e. The van der Waals surface area contributed by atoms with Gasteiger partial charge >= 0.3 is 0 Å². The molecule has 0 aromatic heterocycles. The molecule has 0 atom stereocenters. The third-order valence-electron chi connectivity index (χ3n) is 2.38. The van der Waals surface area contributed by atoms with Crippen molar-refractivity contribution < 1.29 is 9.53 Å². The van der Waals surface area contributed by atoms with Gasteiger partial charge in [-0.05, 0) is 14.1 Å². The molecule has 1 amide bonds. The van der Waals surface area contributed by atoms with Crippen molar-refractivity contribution in [3.8, 4) is 0 Å². The van der Waals surface area contributed by atoms with Gasteiger partial charge in [0.15, 0.2) is 0 Å². The standard InChI is InChI=1S/C10H21N3O2/c1-13(2)4-6-15-5-3-12-10(14)9-7-11-8-9/h9,11H,3-8H2,1-2H3,(H,12,14). The Morgan fingerprint density at radius 2 is 2.20 bits per heavy atom. The summed E-state index contributed by atoms with van der Waals surface area (Å²) in [5.41, 5.74) is 0. The number of amides is 1. The quantitative estimate of drug-likeness (QED) is 0.529. The molecule has 2 N–H and O–H groups in total. The lowest BCUT2D eigenvalue weighted by Gasteiger charge is -2.25. The second-order valence-corrected chi connectivity index (χ2v) is 4.06. The van der Waals surface area contributed by atoms with Crippen molar-refractivity contribution in [2.75, 3.05) is 53.5 Å². The fourth-order valence-electron chi connectivity index (χ4n) is 1.21. The lowest BCUT2D eigenvalue weighted by molar-refractivity contribution is -0.126. The molecule has 1 saturated heterocycles. The first-order valence-electron chi connectivity index (χ1n) is 5.41. The highest BCUT2D eigenvalue weighted by Gasteiger charge is 2.23. The predicted molar refractivity (Wildman–Crippen MR) is 58.7 cm³/mol. The van der Waals surface area contributed by atoms with Crippen LogP contribution in [0.4, 0.5) is 0 Å². The van der Waals surface area contributed by atoms with Crippen LogP contribution in [0.1, 0.15) is 0 Å². The van der Waals surface area contributed by atoms with Gasteiger partial charge in [-0.1, -0.05) is 0 Å². The fourth-order valence-corrected chi connectivity index (χ4v) is 1.21. The minimum Gasteiger partial charge on any atom is -0.378 e. The van der Waals surface area contributed by atoms with Crippen molar-refractivity contribution in [1.82, 2.24) is 15.5 Å². The summed E-state index contributed by atoms with van der Waals surface area (Å²) in [6.07, 6.45) is 0. The van der Waals surface area contributed by atoms with Crippen LogP contribution in [0.3, 0.4) is 0 Å². The van der Waals surface area contributed by atoms with Gasteiger partial charge in [-0.3, -0.25) is 4.79 Å². The number of carbonyl (C=O) groups is 1. The number of hydrogen-bond donors (Lipinski definition) is 2. The second kappa shape index (κ2) is 6.76. The molecule has 0 aromatic carbocycles. The molecular weight excluding hydrogens is 194 g/mol. The van der Waals surface area contributed by atoms with Crippen molar-refractivity contribution in [1.29, 1.82) is 0 Å². The zero-order valence-corrected chi connectivity index (χ0v) is 9.58. The van der Waals surface area contributed by atoms with Crippen LogP contribution in [0.25, 0.3) is 0 Å². The van der Waals surface area contributed by atoms with Crippen molar-refractivity contribution in [2.24, 2.45) is 5.92 Å². The van der Waals surface area contributed by atoms with Crippen molar-refractivity contribution in [3.63, 3.8) is 0 Å². The molecule has 0 aromatic rings. The van der Waals surface area contributed by atoms with E-state index >= 15 is 0 Å². The number of nitrogens with zero attached hydrogens (tertiary/aromatic N) is 1. The zero-order chi connectivity index (χ0) is 11.1. The van der Waals surface area contributed by atoms with Crippen molar-refractivity contribution in [2.45, 2.75) is 0 Å². The molecule has 1 heterocycles. The molecule has 1 aliphatic heterocycles. The Bertz CT molecular complexity index is 193. The smallest absolute Gasteiger partial charge is 0.225 e. The summed E-state index contributed by atoms with van der Waals surface area (Å²) in [5, 5.41) is 5.92. The topological polar surface area (TPSA) is 53.6 Å². The first-order chi connectivity index (χ1) is 7.20. The van der Waals surface area contributed by atoms with E-state index < -0.39 is 0 Å². The minimum absolute atomic E-state index is 0.143. The molecule has 0 radical (unpaired) electrons. The van der Waals surface area contributed by atoms with Crippen molar-refractivity contribution in [3.05, 3.63) is 0 Å². The molecule has 0 aliphatic carbocycles. The Labute approximate surface area is 91.2 Å². The molecule has 1 aliphatic rings. The summed E-state index contributed by atoms with van der Waals surface area (Å²) in [6, 6.07) is 0. The Morgan fingerprint density at radius 3 is 2.73 bits per heavy atom. The maximum atomic E-state index is 11.4. The van der Waals surface area contributed by atoms with Gasteiger partial charge < -0.3 is 20.3 Å². The van der Waals surface area contributed by atoms with E-state index in [1.807, 2.05) is 14.1 Å². The normalized spacial score (nSPS) is 16.5. The zero-order valence-electron chi connectivity index (χ0n) is 9.58. The number of ether oxygens (including phenoxy) is 1. The van der Waals surface area contributed by atoms with Crippen molar-refractivity contribution >= 4 is 5.91 Å². The molecule has 0 bridgehead atoms. The molecule has 0 saturated carbocycles. The van der Waals surface area contributed by atoms with E-state index in [9.17, 15) is 4.79 Å². The highest BCUT2D eigenvalue weighted by molar-refractivity contribution is 5.79. The molecule has 5 heteroatoms. The SMILES string of the molecule is CN(C)CCOCCNC(=O)C1CNC1. The molecule has 0 spiro atoms. The van der Waals surface area contributed by atoms with Gasteiger partial charge in [0.05, 0.1) is 19.1 Å². The molecular formula is C10H21N3O2. The second-order valence-electron chi connectivity index (χ2n) is 4.06. The summed E-state index contributed by atoms with van der Waals surface area (Å²) in [5.74, 6) is 0.316. The van der Waals surface area contributed by atoms with Gasteiger partial charge in [0.25, 0.3) is 0 Å². The third-order valence-corrected chi connectivity index (χ3v) is 2.38. The van der Waals surface area contributed by atoms with E-state index in [1.54, 1.807) is 0 Å². The molecule has 0 unspecified atom stereocenters. The van der Waals surface area contributed by atoms with E-state index in [2.05, 4.69) is 15.5 Å². The Balaban J connectivity index is 1.86. The van der Waals surface area contributed by atoms with E-state index in [0.717, 1.165) is 19.6 Å². The Kier molecular flexibility index (Phi) is 5.60. The molecule has 1 rings (SSSR count). The highest BCUT2D eigenvalue weighted by Crippen LogP contribution is 2.01. The predicted octanol–water partition coefficient (Wildman–Crippen LogP) is -1.10. The van der Waals surface area contributed by atoms with Crippen LogP contribution in [-0.4, -0.2) is 64.3 Å². The highest BCUT2D eigenvalue weighted by atomic mass is 16.5. The maximum Gasteiger partial charge on any atom is 0.225 e. The van der Waals surface area contributed by atoms with Gasteiger partial charge in [-0.25, -0.2) is 0 Å². The minimum atomic E-state index is 0.143. The number of likely N-dealkylation sites (N-methyl/N-ethyl adjacent to an activating group) is 1. The van der Waals surface area contributed by atoms with E-state index in [4.69, 9.17) is 4.74 Å². The van der Waals surface area contributed by atoms with Gasteiger partial charge in [0.2, 0.25) is 5.91 Å². The monoisotopic (exact) mass is 215 g/mol. The average Bonchev–Trinajstić information content (AvgIpc) is 2.07. The van der Waals surface area contributed by atoms with Gasteiger partial charge in [-0.15, -0.1) is 0 Å². The van der Waals surface area contributed by atoms with Crippen LogP contribution < -0.4 is 10.6 Å². The molecule has 1 fully saturated rings. The summed E-state index contributed by atoms with van der Waals surface area (Å²) in [6.45, 7) is 4.47. The molecule has 15 heavy (non-hydrogen) atoms. The third kappa shape index (κ3) is 5.11. The van der Waals surface area contributed by atoms with Crippen LogP contribution in [0.5, 0.6) is 0 Å². The number of carbonyl (C=O) groups excluding carboxylic acids is 1. The van der Waals surface area contributed by atoms with Gasteiger partial charge in [0.1, 0.15) is 0 Å². The summed E-state index contributed by atoms with van der Waals surface area (Å²) >= 11 is 0. The molecule has 88 valence electrons. The summed E-state index contributed by atoms with van der Waals surface area (Å²) in [4.78, 5) is 13.4. The van der Waals surface area contributed by atoms with E-state index in [0.29, 0.717) is 19.8 Å². The lowest BCUT2D eigenvalue weighted by Crippen LogP contribution is -2.51. The average molecular weight is 215 g/mol. The Morgan fingerprint density at radius 1 is 1.47 bits per heavy atom. The number of rotatable bonds is 7. The Hall–Kier alpha value is -0.650. The summed E-state index contributed by atoms with van der Waals surface area (Å²) < 4.78 is 5.35. The van der Waals surface area contributed by atoms with E-state index in [1.165, 1.54) is 0 Å². The summed E-state index contributed by atoms with van der Waals surface area (Å²) in [7, 11) is 4.02. The van der Waals surface area contributed by atoms with Crippen LogP contribution in [0.15, 0.2) is 0 Å². The van der Waals surface area contributed by atoms with E-state index in [-0.39, 0.29) is 11.8 Å². The van der Waals surface area contributed by atoms with Crippen LogP contribution in [0, 0.1) is 5.92 Å². The maximum absolute atomic E-state index is 11.4. The first kappa shape index (κ1) is 12.4. The van der Waals surface area contributed by atoms with Gasteiger partial charge in [0, 0.05) is 26.2 Å². The fraction of sp³-hybridized carbons (Fsp3) is 0.900. The number of hydrogen-bond acceptors (Lipinski definition) is 4. The number of nitrogens with one attached hydrogen (secondary N) is 2. The van der Waals surface area contributed by atoms with Crippen LogP contribution >= 0.6 is 0 Å².